The predicted octanol–water partition coefficient (Wildman–Crippen LogP) is 4.28. The van der Waals surface area contributed by atoms with Gasteiger partial charge >= 0.3 is 0 Å². The normalized spacial score (nSPS) is 22.8. The van der Waals surface area contributed by atoms with E-state index >= 15 is 0 Å². The number of likely N-dealkylation sites (N-methyl/N-ethyl adjacent to an activating group) is 2. The minimum Gasteiger partial charge on any atom is -0.352 e. The van der Waals surface area contributed by atoms with Crippen molar-refractivity contribution in [3.63, 3.8) is 0 Å². The average molecular weight is 523 g/mol. The Kier molecular flexibility index (Phi) is 7.09. The van der Waals surface area contributed by atoms with E-state index in [9.17, 15) is 9.59 Å². The van der Waals surface area contributed by atoms with Crippen molar-refractivity contribution in [2.24, 2.45) is 5.73 Å². The highest BCUT2D eigenvalue weighted by Gasteiger charge is 2.48. The number of fused-ring (bicyclic) bond motifs is 2. The van der Waals surface area contributed by atoms with Crippen molar-refractivity contribution in [2.75, 3.05) is 20.6 Å². The lowest BCUT2D eigenvalue weighted by Crippen LogP contribution is -2.64. The van der Waals surface area contributed by atoms with Gasteiger partial charge in [0.25, 0.3) is 5.91 Å². The van der Waals surface area contributed by atoms with Crippen molar-refractivity contribution in [3.05, 3.63) is 50.6 Å². The number of nitrogens with one attached hydrogen (secondary N) is 1. The maximum atomic E-state index is 13.7. The molecule has 1 aromatic carbocycles. The van der Waals surface area contributed by atoms with Crippen LogP contribution in [0.2, 0.25) is 5.02 Å². The summed E-state index contributed by atoms with van der Waals surface area (Å²) in [6, 6.07) is 6.87. The van der Waals surface area contributed by atoms with Crippen molar-refractivity contribution in [1.82, 2.24) is 19.8 Å². The standard InChI is InChI=1S/C24H28ClN5O2S.ClH/c1-29-10-8-17-19(13-29)33-22(28-17)23(32)30(2)20-5-3-4-9-24(20,26)21(31)18-12-14-11-15(25)6-7-16(14)27-18;/h6-7,11-12,20,27H,3-5,8-10,13,26H2,1-2H3;1H. The van der Waals surface area contributed by atoms with Crippen LogP contribution in [0.4, 0.5) is 0 Å². The zero-order valence-corrected chi connectivity index (χ0v) is 21.7. The van der Waals surface area contributed by atoms with Gasteiger partial charge in [-0.25, -0.2) is 4.98 Å². The lowest BCUT2D eigenvalue weighted by molar-refractivity contribution is 0.0502. The van der Waals surface area contributed by atoms with Crippen molar-refractivity contribution >= 4 is 57.9 Å². The van der Waals surface area contributed by atoms with Gasteiger partial charge in [-0.05, 0) is 44.2 Å². The molecule has 1 aliphatic carbocycles. The molecule has 0 saturated heterocycles. The van der Waals surface area contributed by atoms with E-state index in [1.807, 2.05) is 12.1 Å². The van der Waals surface area contributed by atoms with Crippen LogP contribution < -0.4 is 5.73 Å². The lowest BCUT2D eigenvalue weighted by atomic mass is 9.73. The van der Waals surface area contributed by atoms with Crippen molar-refractivity contribution in [2.45, 2.75) is 50.2 Å². The second kappa shape index (κ2) is 9.59. The Labute approximate surface area is 214 Å². The summed E-state index contributed by atoms with van der Waals surface area (Å²) in [7, 11) is 3.83. The first-order valence-corrected chi connectivity index (χ1v) is 12.5. The van der Waals surface area contributed by atoms with E-state index in [0.717, 1.165) is 53.8 Å². The number of hydrogen-bond donors (Lipinski definition) is 2. The molecule has 3 heterocycles. The van der Waals surface area contributed by atoms with Gasteiger partial charge in [-0.1, -0.05) is 24.4 Å². The van der Waals surface area contributed by atoms with Crippen LogP contribution in [0.5, 0.6) is 0 Å². The Morgan fingerprint density at radius 3 is 2.91 bits per heavy atom. The maximum absolute atomic E-state index is 13.7. The average Bonchev–Trinajstić information content (AvgIpc) is 3.41. The highest BCUT2D eigenvalue weighted by Crippen LogP contribution is 2.35. The Morgan fingerprint density at radius 1 is 1.32 bits per heavy atom. The molecule has 0 radical (unpaired) electrons. The second-order valence-electron chi connectivity index (χ2n) is 9.34. The molecular formula is C24H29Cl2N5O2S. The SMILES string of the molecule is CN1CCc2nc(C(=O)N(C)C3CCCCC3(N)C(=O)c3cc4cc(Cl)ccc4[nH]3)sc2C1.Cl. The summed E-state index contributed by atoms with van der Waals surface area (Å²) >= 11 is 7.57. The van der Waals surface area contributed by atoms with Crippen LogP contribution in [0.3, 0.4) is 0 Å². The van der Waals surface area contributed by atoms with Crippen LogP contribution >= 0.6 is 35.3 Å². The van der Waals surface area contributed by atoms with Gasteiger partial charge in [0.05, 0.1) is 17.4 Å². The van der Waals surface area contributed by atoms with Crippen molar-refractivity contribution in [3.8, 4) is 0 Å². The number of aromatic nitrogens is 2. The molecule has 5 rings (SSSR count). The fraction of sp³-hybridized carbons (Fsp3) is 0.458. The van der Waals surface area contributed by atoms with Gasteiger partial charge in [-0.2, -0.15) is 0 Å². The highest BCUT2D eigenvalue weighted by molar-refractivity contribution is 7.13. The molecule has 0 spiro atoms. The van der Waals surface area contributed by atoms with Crippen LogP contribution in [0.15, 0.2) is 24.3 Å². The first-order chi connectivity index (χ1) is 15.8. The predicted molar refractivity (Wildman–Crippen MR) is 138 cm³/mol. The van der Waals surface area contributed by atoms with Crippen LogP contribution in [0.1, 0.15) is 56.5 Å². The second-order valence-corrected chi connectivity index (χ2v) is 10.9. The molecule has 182 valence electrons. The smallest absolute Gasteiger partial charge is 0.282 e. The van der Waals surface area contributed by atoms with Gasteiger partial charge in [-0.15, -0.1) is 23.7 Å². The molecule has 3 aromatic rings. The highest BCUT2D eigenvalue weighted by atomic mass is 35.5. The summed E-state index contributed by atoms with van der Waals surface area (Å²) in [5, 5.41) is 1.96. The number of hydrogen-bond acceptors (Lipinski definition) is 6. The summed E-state index contributed by atoms with van der Waals surface area (Å²) in [5.74, 6) is -0.325. The fourth-order valence-electron chi connectivity index (χ4n) is 5.17. The van der Waals surface area contributed by atoms with Crippen LogP contribution in [-0.2, 0) is 13.0 Å². The molecule has 2 atom stereocenters. The largest absolute Gasteiger partial charge is 0.352 e. The van der Waals surface area contributed by atoms with E-state index in [-0.39, 0.29) is 24.1 Å². The number of nitrogens with two attached hydrogens (primary N) is 1. The zero-order chi connectivity index (χ0) is 23.3. The summed E-state index contributed by atoms with van der Waals surface area (Å²) in [4.78, 5) is 40.0. The number of nitrogens with zero attached hydrogens (tertiary/aromatic N) is 3. The molecule has 10 heteroatoms. The van der Waals surface area contributed by atoms with Gasteiger partial charge in [0.2, 0.25) is 5.78 Å². The van der Waals surface area contributed by atoms with Gasteiger partial charge in [0.15, 0.2) is 5.01 Å². The number of halogens is 2. The lowest BCUT2D eigenvalue weighted by Gasteiger charge is -2.44. The number of Topliss-reactive ketones (excluding diaryl/α,β-unsaturated/α-hetero) is 1. The number of ketones is 1. The molecule has 7 nitrogen and oxygen atoms in total. The number of amides is 1. The topological polar surface area (TPSA) is 95.3 Å². The molecule has 34 heavy (non-hydrogen) atoms. The van der Waals surface area contributed by atoms with Crippen LogP contribution in [0.25, 0.3) is 10.9 Å². The van der Waals surface area contributed by atoms with Gasteiger partial charge in [0, 0.05) is 47.4 Å². The third kappa shape index (κ3) is 4.38. The molecule has 2 aromatic heterocycles. The van der Waals surface area contributed by atoms with E-state index in [0.29, 0.717) is 28.6 Å². The van der Waals surface area contributed by atoms with E-state index in [1.165, 1.54) is 11.3 Å². The van der Waals surface area contributed by atoms with Crippen molar-refractivity contribution < 1.29 is 9.59 Å². The molecule has 2 unspecified atom stereocenters. The molecule has 1 amide bonds. The number of carbonyl (C=O) groups is 2. The summed E-state index contributed by atoms with van der Waals surface area (Å²) < 4.78 is 0. The number of rotatable bonds is 4. The third-order valence-electron chi connectivity index (χ3n) is 7.06. The van der Waals surface area contributed by atoms with Gasteiger partial charge < -0.3 is 20.5 Å². The Morgan fingerprint density at radius 2 is 2.12 bits per heavy atom. The monoisotopic (exact) mass is 521 g/mol. The van der Waals surface area contributed by atoms with Crippen molar-refractivity contribution in [1.29, 1.82) is 0 Å². The van der Waals surface area contributed by atoms with Gasteiger partial charge in [-0.3, -0.25) is 9.59 Å². The molecule has 1 saturated carbocycles. The van der Waals surface area contributed by atoms with E-state index in [2.05, 4.69) is 21.9 Å². The van der Waals surface area contributed by atoms with E-state index in [4.69, 9.17) is 17.3 Å². The molecule has 1 fully saturated rings. The van der Waals surface area contributed by atoms with Crippen LogP contribution in [0, 0.1) is 0 Å². The number of carbonyl (C=O) groups excluding carboxylic acids is 2. The Hall–Kier alpha value is -1.97. The maximum Gasteiger partial charge on any atom is 0.282 e. The molecule has 2 aliphatic rings. The first kappa shape index (κ1) is 25.1. The third-order valence-corrected chi connectivity index (χ3v) is 8.36. The van der Waals surface area contributed by atoms with E-state index in [1.54, 1.807) is 24.1 Å². The number of H-pyrrole nitrogens is 1. The molecular weight excluding hydrogens is 493 g/mol. The zero-order valence-electron chi connectivity index (χ0n) is 19.3. The number of benzene rings is 1. The van der Waals surface area contributed by atoms with Gasteiger partial charge in [0.1, 0.15) is 5.54 Å². The quantitative estimate of drug-likeness (QED) is 0.499. The Balaban J connectivity index is 0.00000274. The van der Waals surface area contributed by atoms with E-state index < -0.39 is 11.6 Å². The molecule has 1 aliphatic heterocycles. The molecule has 0 bridgehead atoms. The number of thiazole rings is 1. The summed E-state index contributed by atoms with van der Waals surface area (Å²) in [6.45, 7) is 1.76. The Bertz CT molecular complexity index is 1240. The first-order valence-electron chi connectivity index (χ1n) is 11.3. The van der Waals surface area contributed by atoms with Crippen LogP contribution in [-0.4, -0.2) is 63.7 Å². The summed E-state index contributed by atoms with van der Waals surface area (Å²) in [6.07, 6.45) is 3.85. The summed E-state index contributed by atoms with van der Waals surface area (Å²) in [5.41, 5.74) is 8.00. The molecule has 3 N–H and O–H groups in total. The minimum absolute atomic E-state index is 0. The number of aromatic amines is 1. The minimum atomic E-state index is -1.16. The fourth-order valence-corrected chi connectivity index (χ4v) is 6.52.